The molecule has 2 heteroatoms. The SMILES string of the molecule is CC(=O)/C(N)=C/c1ccc(C)c(C)c1. The van der Waals surface area contributed by atoms with Gasteiger partial charge in [0, 0.05) is 6.92 Å². The van der Waals surface area contributed by atoms with Crippen molar-refractivity contribution in [3.8, 4) is 0 Å². The lowest BCUT2D eigenvalue weighted by Gasteiger charge is -2.01. The Morgan fingerprint density at radius 3 is 2.43 bits per heavy atom. The molecule has 2 N–H and O–H groups in total. The fourth-order valence-electron chi connectivity index (χ4n) is 1.14. The summed E-state index contributed by atoms with van der Waals surface area (Å²) in [4.78, 5) is 10.9. The summed E-state index contributed by atoms with van der Waals surface area (Å²) in [5.41, 5.74) is 9.26. The van der Waals surface area contributed by atoms with Crippen LogP contribution in [0.1, 0.15) is 23.6 Å². The summed E-state index contributed by atoms with van der Waals surface area (Å²) in [5.74, 6) is -0.0942. The van der Waals surface area contributed by atoms with Crippen molar-refractivity contribution >= 4 is 11.9 Å². The number of hydrogen-bond acceptors (Lipinski definition) is 2. The van der Waals surface area contributed by atoms with Crippen molar-refractivity contribution < 1.29 is 4.79 Å². The molecule has 0 fully saturated rings. The van der Waals surface area contributed by atoms with Crippen molar-refractivity contribution in [1.82, 2.24) is 0 Å². The van der Waals surface area contributed by atoms with E-state index in [1.165, 1.54) is 18.1 Å². The Morgan fingerprint density at radius 1 is 1.29 bits per heavy atom. The van der Waals surface area contributed by atoms with Crippen molar-refractivity contribution in [1.29, 1.82) is 0 Å². The normalized spacial score (nSPS) is 11.5. The van der Waals surface area contributed by atoms with Gasteiger partial charge in [0.05, 0.1) is 5.70 Å². The summed E-state index contributed by atoms with van der Waals surface area (Å²) >= 11 is 0. The van der Waals surface area contributed by atoms with E-state index < -0.39 is 0 Å². The summed E-state index contributed by atoms with van der Waals surface area (Å²) in [6.07, 6.45) is 1.70. The van der Waals surface area contributed by atoms with Gasteiger partial charge >= 0.3 is 0 Å². The minimum Gasteiger partial charge on any atom is -0.396 e. The van der Waals surface area contributed by atoms with Gasteiger partial charge in [0.25, 0.3) is 0 Å². The van der Waals surface area contributed by atoms with Gasteiger partial charge in [0.1, 0.15) is 0 Å². The van der Waals surface area contributed by atoms with E-state index in [0.717, 1.165) is 5.56 Å². The van der Waals surface area contributed by atoms with Crippen LogP contribution >= 0.6 is 0 Å². The second kappa shape index (κ2) is 4.09. The van der Waals surface area contributed by atoms with E-state index in [4.69, 9.17) is 5.73 Å². The van der Waals surface area contributed by atoms with E-state index in [-0.39, 0.29) is 5.78 Å². The summed E-state index contributed by atoms with van der Waals surface area (Å²) < 4.78 is 0. The van der Waals surface area contributed by atoms with Crippen LogP contribution in [0.15, 0.2) is 23.9 Å². The molecule has 0 saturated heterocycles. The summed E-state index contributed by atoms with van der Waals surface area (Å²) in [6.45, 7) is 5.56. The molecule has 14 heavy (non-hydrogen) atoms. The average molecular weight is 189 g/mol. The molecule has 74 valence electrons. The maximum Gasteiger partial charge on any atom is 0.175 e. The predicted octanol–water partition coefficient (Wildman–Crippen LogP) is 2.19. The molecule has 0 aromatic heterocycles. The Morgan fingerprint density at radius 2 is 1.93 bits per heavy atom. The molecule has 0 heterocycles. The lowest BCUT2D eigenvalue weighted by atomic mass is 10.1. The third kappa shape index (κ3) is 2.46. The molecular weight excluding hydrogens is 174 g/mol. The van der Waals surface area contributed by atoms with Crippen LogP contribution in [0.4, 0.5) is 0 Å². The van der Waals surface area contributed by atoms with Gasteiger partial charge in [-0.1, -0.05) is 18.2 Å². The molecule has 0 amide bonds. The second-order valence-electron chi connectivity index (χ2n) is 3.50. The highest BCUT2D eigenvalue weighted by molar-refractivity contribution is 5.96. The second-order valence-corrected chi connectivity index (χ2v) is 3.50. The molecule has 0 aliphatic heterocycles. The molecule has 0 saturated carbocycles. The van der Waals surface area contributed by atoms with Gasteiger partial charge in [-0.2, -0.15) is 0 Å². The first-order valence-corrected chi connectivity index (χ1v) is 4.56. The summed E-state index contributed by atoms with van der Waals surface area (Å²) in [5, 5.41) is 0. The Balaban J connectivity index is 3.04. The molecule has 1 aromatic carbocycles. The lowest BCUT2D eigenvalue weighted by molar-refractivity contribution is -0.113. The van der Waals surface area contributed by atoms with Gasteiger partial charge in [-0.3, -0.25) is 4.79 Å². The van der Waals surface area contributed by atoms with E-state index >= 15 is 0 Å². The average Bonchev–Trinajstić information content (AvgIpc) is 2.11. The topological polar surface area (TPSA) is 43.1 Å². The van der Waals surface area contributed by atoms with Crippen molar-refractivity contribution in [2.24, 2.45) is 5.73 Å². The molecule has 0 bridgehead atoms. The van der Waals surface area contributed by atoms with Crippen LogP contribution in [0.3, 0.4) is 0 Å². The van der Waals surface area contributed by atoms with Gasteiger partial charge < -0.3 is 5.73 Å². The van der Waals surface area contributed by atoms with Crippen LogP contribution in [-0.2, 0) is 4.79 Å². The number of aryl methyl sites for hydroxylation is 2. The van der Waals surface area contributed by atoms with Crippen molar-refractivity contribution in [3.05, 3.63) is 40.6 Å². The fraction of sp³-hybridized carbons (Fsp3) is 0.250. The highest BCUT2D eigenvalue weighted by Crippen LogP contribution is 2.11. The minimum absolute atomic E-state index is 0.0942. The molecule has 1 aromatic rings. The van der Waals surface area contributed by atoms with E-state index in [1.807, 2.05) is 25.1 Å². The maximum absolute atomic E-state index is 10.9. The smallest absolute Gasteiger partial charge is 0.175 e. The first-order chi connectivity index (χ1) is 6.50. The summed E-state index contributed by atoms with van der Waals surface area (Å²) in [7, 11) is 0. The molecule has 0 aliphatic rings. The molecular formula is C12H15NO. The zero-order valence-corrected chi connectivity index (χ0v) is 8.79. The predicted molar refractivity (Wildman–Crippen MR) is 58.8 cm³/mol. The third-order valence-electron chi connectivity index (χ3n) is 2.26. The van der Waals surface area contributed by atoms with Gasteiger partial charge in [0.2, 0.25) is 0 Å². The Labute approximate surface area is 84.4 Å². The van der Waals surface area contributed by atoms with Crippen LogP contribution in [-0.4, -0.2) is 5.78 Å². The molecule has 2 nitrogen and oxygen atoms in total. The number of benzene rings is 1. The van der Waals surface area contributed by atoms with Crippen LogP contribution in [0, 0.1) is 13.8 Å². The van der Waals surface area contributed by atoms with Gasteiger partial charge in [-0.05, 0) is 36.6 Å². The van der Waals surface area contributed by atoms with Gasteiger partial charge in [-0.15, -0.1) is 0 Å². The molecule has 0 unspecified atom stereocenters. The first-order valence-electron chi connectivity index (χ1n) is 4.56. The number of carbonyl (C=O) groups is 1. The van der Waals surface area contributed by atoms with Crippen LogP contribution < -0.4 is 5.73 Å². The van der Waals surface area contributed by atoms with Crippen molar-refractivity contribution in [2.75, 3.05) is 0 Å². The maximum atomic E-state index is 10.9. The highest BCUT2D eigenvalue weighted by Gasteiger charge is 1.98. The Hall–Kier alpha value is -1.57. The molecule has 1 rings (SSSR count). The number of ketones is 1. The number of allylic oxidation sites excluding steroid dienone is 1. The van der Waals surface area contributed by atoms with Crippen molar-refractivity contribution in [2.45, 2.75) is 20.8 Å². The largest absolute Gasteiger partial charge is 0.396 e. The standard InChI is InChI=1S/C12H15NO/c1-8-4-5-11(6-9(8)2)7-12(13)10(3)14/h4-7H,13H2,1-3H3/b12-7-. The zero-order valence-electron chi connectivity index (χ0n) is 8.79. The third-order valence-corrected chi connectivity index (χ3v) is 2.26. The molecule has 0 radical (unpaired) electrons. The van der Waals surface area contributed by atoms with Crippen LogP contribution in [0.25, 0.3) is 6.08 Å². The number of carbonyl (C=O) groups excluding carboxylic acids is 1. The zero-order chi connectivity index (χ0) is 10.7. The van der Waals surface area contributed by atoms with Crippen LogP contribution in [0.2, 0.25) is 0 Å². The monoisotopic (exact) mass is 189 g/mol. The van der Waals surface area contributed by atoms with E-state index in [9.17, 15) is 4.79 Å². The van der Waals surface area contributed by atoms with Crippen LogP contribution in [0.5, 0.6) is 0 Å². The van der Waals surface area contributed by atoms with E-state index in [1.54, 1.807) is 6.08 Å². The molecule has 0 aliphatic carbocycles. The number of hydrogen-bond donors (Lipinski definition) is 1. The summed E-state index contributed by atoms with van der Waals surface area (Å²) in [6, 6.07) is 6.00. The molecule has 0 atom stereocenters. The highest BCUT2D eigenvalue weighted by atomic mass is 16.1. The lowest BCUT2D eigenvalue weighted by Crippen LogP contribution is -2.06. The Kier molecular flexibility index (Phi) is 3.07. The van der Waals surface area contributed by atoms with Gasteiger partial charge in [-0.25, -0.2) is 0 Å². The minimum atomic E-state index is -0.0942. The first kappa shape index (κ1) is 10.5. The van der Waals surface area contributed by atoms with E-state index in [0.29, 0.717) is 5.70 Å². The van der Waals surface area contributed by atoms with E-state index in [2.05, 4.69) is 6.92 Å². The number of rotatable bonds is 2. The Bertz CT molecular complexity index is 391. The number of nitrogens with two attached hydrogens (primary N) is 1. The molecule has 0 spiro atoms. The quantitative estimate of drug-likeness (QED) is 0.725. The van der Waals surface area contributed by atoms with Gasteiger partial charge in [0.15, 0.2) is 5.78 Å². The fourth-order valence-corrected chi connectivity index (χ4v) is 1.14. The number of Topliss-reactive ketones (excluding diaryl/α,β-unsaturated/α-hetero) is 1. The van der Waals surface area contributed by atoms with Crippen molar-refractivity contribution in [3.63, 3.8) is 0 Å².